The van der Waals surface area contributed by atoms with E-state index in [4.69, 9.17) is 14.2 Å². The van der Waals surface area contributed by atoms with Crippen molar-refractivity contribution in [1.29, 1.82) is 0 Å². The van der Waals surface area contributed by atoms with Gasteiger partial charge in [0.15, 0.2) is 6.10 Å². The third kappa shape index (κ3) is 54.2. The first kappa shape index (κ1) is 64.4. The lowest BCUT2D eigenvalue weighted by Gasteiger charge is -2.18. The monoisotopic (exact) mass is 939 g/mol. The summed E-state index contributed by atoms with van der Waals surface area (Å²) in [6.07, 6.45) is 68.2. The molecule has 0 fully saturated rings. The summed E-state index contributed by atoms with van der Waals surface area (Å²) >= 11 is 0. The number of esters is 3. The van der Waals surface area contributed by atoms with E-state index < -0.39 is 6.10 Å². The number of hydrogen-bond acceptors (Lipinski definition) is 6. The fourth-order valence-corrected chi connectivity index (χ4v) is 8.40. The van der Waals surface area contributed by atoms with Gasteiger partial charge in [0.2, 0.25) is 0 Å². The van der Waals surface area contributed by atoms with Gasteiger partial charge in [-0.2, -0.15) is 0 Å². The Bertz CT molecular complexity index is 1170. The summed E-state index contributed by atoms with van der Waals surface area (Å²) in [5.41, 5.74) is 0. The van der Waals surface area contributed by atoms with Crippen LogP contribution in [0.15, 0.2) is 48.6 Å². The molecule has 0 aromatic heterocycles. The fourth-order valence-electron chi connectivity index (χ4n) is 8.40. The zero-order valence-corrected chi connectivity index (χ0v) is 44.7. The molecule has 0 bridgehead atoms. The average molecular weight is 940 g/mol. The molecule has 1 atom stereocenters. The Morgan fingerprint density at radius 2 is 0.552 bits per heavy atom. The lowest BCUT2D eigenvalue weighted by Crippen LogP contribution is -2.30. The minimum Gasteiger partial charge on any atom is -0.462 e. The van der Waals surface area contributed by atoms with E-state index in [1.165, 1.54) is 199 Å². The maximum atomic E-state index is 12.8. The highest BCUT2D eigenvalue weighted by Crippen LogP contribution is 2.16. The van der Waals surface area contributed by atoms with Crippen LogP contribution in [-0.2, 0) is 28.6 Å². The van der Waals surface area contributed by atoms with Crippen LogP contribution < -0.4 is 0 Å². The molecular formula is C61H110O6. The van der Waals surface area contributed by atoms with E-state index in [-0.39, 0.29) is 31.1 Å². The van der Waals surface area contributed by atoms with Crippen LogP contribution in [0.2, 0.25) is 0 Å². The number of allylic oxidation sites excluding steroid dienone is 8. The second-order valence-corrected chi connectivity index (χ2v) is 19.6. The van der Waals surface area contributed by atoms with E-state index in [1.807, 2.05) is 0 Å². The van der Waals surface area contributed by atoms with Gasteiger partial charge in [-0.25, -0.2) is 0 Å². The molecule has 67 heavy (non-hydrogen) atoms. The molecule has 6 heteroatoms. The van der Waals surface area contributed by atoms with Crippen molar-refractivity contribution >= 4 is 17.9 Å². The van der Waals surface area contributed by atoms with Crippen molar-refractivity contribution in [3.63, 3.8) is 0 Å². The van der Waals surface area contributed by atoms with Crippen molar-refractivity contribution < 1.29 is 28.6 Å². The normalized spacial score (nSPS) is 12.3. The summed E-state index contributed by atoms with van der Waals surface area (Å²) in [5.74, 6) is -0.931. The Balaban J connectivity index is 4.42. The van der Waals surface area contributed by atoms with Crippen molar-refractivity contribution in [3.8, 4) is 0 Å². The van der Waals surface area contributed by atoms with E-state index in [2.05, 4.69) is 69.4 Å². The topological polar surface area (TPSA) is 78.9 Å². The average Bonchev–Trinajstić information content (AvgIpc) is 3.33. The maximum absolute atomic E-state index is 12.8. The van der Waals surface area contributed by atoms with E-state index >= 15 is 0 Å². The SMILES string of the molecule is CCCCCCCC/C=C\C/C=C\C/C=C\CCCC(=O)OC[C@H](COC(=O)CCCCCCCCC/C=C\CCCCCCCC)OC(=O)CCCCCCCCCCCCCCCCC. The first-order valence-electron chi connectivity index (χ1n) is 29.1. The number of carbonyl (C=O) groups excluding carboxylic acids is 3. The first-order valence-corrected chi connectivity index (χ1v) is 29.1. The van der Waals surface area contributed by atoms with E-state index in [9.17, 15) is 14.4 Å². The number of ether oxygens (including phenoxy) is 3. The molecule has 0 saturated carbocycles. The summed E-state index contributed by atoms with van der Waals surface area (Å²) in [7, 11) is 0. The number of hydrogen-bond donors (Lipinski definition) is 0. The first-order chi connectivity index (χ1) is 33.0. The number of carbonyl (C=O) groups is 3. The predicted molar refractivity (Wildman–Crippen MR) is 289 cm³/mol. The molecule has 0 aromatic rings. The van der Waals surface area contributed by atoms with Crippen LogP contribution in [-0.4, -0.2) is 37.2 Å². The van der Waals surface area contributed by atoms with E-state index in [1.54, 1.807) is 0 Å². The minimum atomic E-state index is -0.792. The molecule has 0 aliphatic carbocycles. The molecule has 6 nitrogen and oxygen atoms in total. The molecule has 0 heterocycles. The lowest BCUT2D eigenvalue weighted by atomic mass is 10.0. The van der Waals surface area contributed by atoms with Gasteiger partial charge in [-0.15, -0.1) is 0 Å². The molecule has 0 spiro atoms. The molecule has 0 aliphatic rings. The van der Waals surface area contributed by atoms with Crippen LogP contribution in [0, 0.1) is 0 Å². The molecule has 0 aromatic carbocycles. The van der Waals surface area contributed by atoms with Gasteiger partial charge in [-0.05, 0) is 77.0 Å². The highest BCUT2D eigenvalue weighted by molar-refractivity contribution is 5.71. The van der Waals surface area contributed by atoms with Gasteiger partial charge in [0.25, 0.3) is 0 Å². The molecule has 0 saturated heterocycles. The van der Waals surface area contributed by atoms with Crippen LogP contribution in [0.25, 0.3) is 0 Å². The second-order valence-electron chi connectivity index (χ2n) is 19.6. The summed E-state index contributed by atoms with van der Waals surface area (Å²) in [6.45, 7) is 6.62. The Hall–Kier alpha value is -2.63. The smallest absolute Gasteiger partial charge is 0.306 e. The summed E-state index contributed by atoms with van der Waals surface area (Å²) in [4.78, 5) is 38.1. The predicted octanol–water partition coefficient (Wildman–Crippen LogP) is 19.4. The molecular weight excluding hydrogens is 829 g/mol. The molecule has 0 unspecified atom stereocenters. The Morgan fingerprint density at radius 1 is 0.299 bits per heavy atom. The summed E-state index contributed by atoms with van der Waals surface area (Å²) < 4.78 is 16.8. The van der Waals surface area contributed by atoms with Crippen molar-refractivity contribution in [2.45, 2.75) is 309 Å². The maximum Gasteiger partial charge on any atom is 0.306 e. The molecule has 390 valence electrons. The van der Waals surface area contributed by atoms with Crippen molar-refractivity contribution in [1.82, 2.24) is 0 Å². The quantitative estimate of drug-likeness (QED) is 0.0262. The van der Waals surface area contributed by atoms with Gasteiger partial charge in [0.1, 0.15) is 13.2 Å². The van der Waals surface area contributed by atoms with Gasteiger partial charge in [0.05, 0.1) is 0 Å². The van der Waals surface area contributed by atoms with E-state index in [0.29, 0.717) is 25.7 Å². The largest absolute Gasteiger partial charge is 0.462 e. The second kappa shape index (κ2) is 56.0. The zero-order valence-electron chi connectivity index (χ0n) is 44.7. The Kier molecular flexibility index (Phi) is 53.8. The van der Waals surface area contributed by atoms with Crippen LogP contribution in [0.4, 0.5) is 0 Å². The molecule has 0 amide bonds. The number of rotatable bonds is 53. The van der Waals surface area contributed by atoms with Crippen molar-refractivity contribution in [2.75, 3.05) is 13.2 Å². The van der Waals surface area contributed by atoms with Gasteiger partial charge in [-0.3, -0.25) is 14.4 Å². The minimum absolute atomic E-state index is 0.0880. The molecule has 0 N–H and O–H groups in total. The van der Waals surface area contributed by atoms with Crippen LogP contribution in [0.1, 0.15) is 303 Å². The van der Waals surface area contributed by atoms with Crippen LogP contribution in [0.5, 0.6) is 0 Å². The van der Waals surface area contributed by atoms with Gasteiger partial charge in [-0.1, -0.05) is 256 Å². The highest BCUT2D eigenvalue weighted by Gasteiger charge is 2.19. The zero-order chi connectivity index (χ0) is 48.6. The van der Waals surface area contributed by atoms with Crippen LogP contribution >= 0.6 is 0 Å². The molecule has 0 radical (unpaired) electrons. The third-order valence-electron chi connectivity index (χ3n) is 12.8. The highest BCUT2D eigenvalue weighted by atomic mass is 16.6. The summed E-state index contributed by atoms with van der Waals surface area (Å²) in [5, 5.41) is 0. The standard InChI is InChI=1S/C61H110O6/c1-4-7-10-13-16-19-22-25-28-30-33-35-38-41-44-47-50-53-59(62)65-56-58(67-61(64)55-52-49-46-43-40-37-32-27-24-21-18-15-12-9-6-3)57-66-60(63)54-51-48-45-42-39-36-34-31-29-26-23-20-17-14-11-8-5-2/h25-26,28-29,33,35,41,44,58H,4-24,27,30-32,34,36-40,42-43,45-57H2,1-3H3/b28-25-,29-26-,35-33-,44-41-/t58-/m1/s1. The summed E-state index contributed by atoms with van der Waals surface area (Å²) in [6, 6.07) is 0. The Labute approximate surface area is 416 Å². The third-order valence-corrected chi connectivity index (χ3v) is 12.8. The van der Waals surface area contributed by atoms with E-state index in [0.717, 1.165) is 57.8 Å². The lowest BCUT2D eigenvalue weighted by molar-refractivity contribution is -0.167. The van der Waals surface area contributed by atoms with Crippen molar-refractivity contribution in [3.05, 3.63) is 48.6 Å². The van der Waals surface area contributed by atoms with Gasteiger partial charge >= 0.3 is 17.9 Å². The van der Waals surface area contributed by atoms with Crippen molar-refractivity contribution in [2.24, 2.45) is 0 Å². The molecule has 0 rings (SSSR count). The molecule has 0 aliphatic heterocycles. The Morgan fingerprint density at radius 3 is 0.910 bits per heavy atom. The van der Waals surface area contributed by atoms with Gasteiger partial charge < -0.3 is 14.2 Å². The van der Waals surface area contributed by atoms with Crippen LogP contribution in [0.3, 0.4) is 0 Å². The van der Waals surface area contributed by atoms with Gasteiger partial charge in [0, 0.05) is 19.3 Å². The fraction of sp³-hybridized carbons (Fsp3) is 0.820. The number of unbranched alkanes of at least 4 members (excludes halogenated alkanes) is 34.